The Labute approximate surface area is 244 Å². The average molecular weight is 584 g/mol. The van der Waals surface area contributed by atoms with E-state index in [9.17, 15) is 19.5 Å². The molecule has 3 aromatic rings. The summed E-state index contributed by atoms with van der Waals surface area (Å²) in [4.78, 5) is 42.2. The zero-order valence-electron chi connectivity index (χ0n) is 22.6. The van der Waals surface area contributed by atoms with Gasteiger partial charge in [0, 0.05) is 39.9 Å². The van der Waals surface area contributed by atoms with Gasteiger partial charge in [-0.15, -0.1) is 0 Å². The Morgan fingerprint density at radius 1 is 0.975 bits per heavy atom. The molecule has 0 aliphatic carbocycles. The quantitative estimate of drug-likeness (QED) is 0.333. The van der Waals surface area contributed by atoms with Crippen molar-refractivity contribution in [1.82, 2.24) is 4.90 Å². The zero-order chi connectivity index (χ0) is 29.0. The fourth-order valence-electron chi connectivity index (χ4n) is 4.76. The molecule has 0 saturated carbocycles. The first kappa shape index (κ1) is 29.6. The monoisotopic (exact) mass is 582 g/mol. The highest BCUT2D eigenvalue weighted by atomic mass is 35.5. The van der Waals surface area contributed by atoms with Gasteiger partial charge in [0.2, 0.25) is 5.91 Å². The molecule has 0 aromatic heterocycles. The molecule has 1 aliphatic rings. The molecule has 0 bridgehead atoms. The minimum absolute atomic E-state index is 0.0857. The molecule has 1 N–H and O–H groups in total. The number of ether oxygens (including phenoxy) is 1. The second kappa shape index (κ2) is 12.4. The van der Waals surface area contributed by atoms with E-state index in [4.69, 9.17) is 27.9 Å². The number of amides is 2. The molecule has 0 radical (unpaired) electrons. The lowest BCUT2D eigenvalue weighted by molar-refractivity contribution is -0.148. The van der Waals surface area contributed by atoms with Gasteiger partial charge in [0.1, 0.15) is 18.8 Å². The number of rotatable bonds is 8. The van der Waals surface area contributed by atoms with Crippen molar-refractivity contribution in [3.05, 3.63) is 99.5 Å². The molecular weight excluding hydrogens is 551 g/mol. The lowest BCUT2D eigenvalue weighted by Crippen LogP contribution is -2.46. The highest BCUT2D eigenvalue weighted by Crippen LogP contribution is 2.42. The van der Waals surface area contributed by atoms with Gasteiger partial charge in [-0.25, -0.2) is 0 Å². The van der Waals surface area contributed by atoms with Crippen LogP contribution >= 0.6 is 23.2 Å². The van der Waals surface area contributed by atoms with Crippen LogP contribution < -0.4 is 4.90 Å². The highest BCUT2D eigenvalue weighted by molar-refractivity contribution is 6.31. The number of carboxylic acids is 1. The number of hydrogen-bond acceptors (Lipinski definition) is 4. The Balaban J connectivity index is 1.76. The summed E-state index contributed by atoms with van der Waals surface area (Å²) in [5.41, 5.74) is 2.39. The second-order valence-corrected chi connectivity index (χ2v) is 11.9. The van der Waals surface area contributed by atoms with Gasteiger partial charge >= 0.3 is 5.97 Å². The first-order valence-electron chi connectivity index (χ1n) is 13.0. The standard InChI is InChI=1S/C31H32Cl2N2O5/c1-31(2,3)19-35-25-14-13-21(32)15-23(25)29(22-11-7-8-12-24(22)33)40-26(30(35)39)16-27(36)34(18-28(37)38)17-20-9-5-4-6-10-20/h4-15,26,29H,16-19H2,1-3H3,(H,37,38). The molecule has 3 aromatic carbocycles. The van der Waals surface area contributed by atoms with Gasteiger partial charge in [-0.05, 0) is 35.2 Å². The Morgan fingerprint density at radius 3 is 2.30 bits per heavy atom. The summed E-state index contributed by atoms with van der Waals surface area (Å²) >= 11 is 13.0. The van der Waals surface area contributed by atoms with Gasteiger partial charge < -0.3 is 19.6 Å². The number of carboxylic acid groups (broad SMARTS) is 1. The van der Waals surface area contributed by atoms with Crippen molar-refractivity contribution in [2.75, 3.05) is 18.0 Å². The number of hydrogen-bond donors (Lipinski definition) is 1. The molecular formula is C31H32Cl2N2O5. The van der Waals surface area contributed by atoms with Crippen LogP contribution in [0.3, 0.4) is 0 Å². The largest absolute Gasteiger partial charge is 0.480 e. The fraction of sp³-hybridized carbons (Fsp3) is 0.323. The van der Waals surface area contributed by atoms with E-state index < -0.39 is 36.5 Å². The average Bonchev–Trinajstić information content (AvgIpc) is 2.98. The summed E-state index contributed by atoms with van der Waals surface area (Å²) in [6.07, 6.45) is -2.34. The Morgan fingerprint density at radius 2 is 1.65 bits per heavy atom. The molecule has 0 fully saturated rings. The summed E-state index contributed by atoms with van der Waals surface area (Å²) in [6.45, 7) is 5.98. The molecule has 7 nitrogen and oxygen atoms in total. The summed E-state index contributed by atoms with van der Waals surface area (Å²) in [5.74, 6) is -2.05. The van der Waals surface area contributed by atoms with E-state index in [1.54, 1.807) is 35.2 Å². The topological polar surface area (TPSA) is 87.2 Å². The maximum atomic E-state index is 14.1. The van der Waals surface area contributed by atoms with Crippen LogP contribution in [0.15, 0.2) is 72.8 Å². The third-order valence-electron chi connectivity index (χ3n) is 6.48. The van der Waals surface area contributed by atoms with Crippen molar-refractivity contribution in [1.29, 1.82) is 0 Å². The first-order valence-corrected chi connectivity index (χ1v) is 13.7. The number of carbonyl (C=O) groups excluding carboxylic acids is 2. The van der Waals surface area contributed by atoms with E-state index in [1.807, 2.05) is 63.2 Å². The Bertz CT molecular complexity index is 1390. The van der Waals surface area contributed by atoms with Crippen LogP contribution in [0.1, 0.15) is 50.0 Å². The minimum atomic E-state index is -1.20. The summed E-state index contributed by atoms with van der Waals surface area (Å²) in [7, 11) is 0. The van der Waals surface area contributed by atoms with Crippen LogP contribution in [-0.2, 0) is 25.7 Å². The van der Waals surface area contributed by atoms with Crippen molar-refractivity contribution in [2.24, 2.45) is 5.41 Å². The van der Waals surface area contributed by atoms with Crippen LogP contribution in [0.2, 0.25) is 10.0 Å². The number of fused-ring (bicyclic) bond motifs is 1. The highest BCUT2D eigenvalue weighted by Gasteiger charge is 2.40. The van der Waals surface area contributed by atoms with Gasteiger partial charge in [0.25, 0.3) is 5.91 Å². The Hall–Kier alpha value is -3.39. The summed E-state index contributed by atoms with van der Waals surface area (Å²) in [5, 5.41) is 10.4. The van der Waals surface area contributed by atoms with E-state index in [0.29, 0.717) is 33.4 Å². The SMILES string of the molecule is CC(C)(C)CN1C(=O)C(CC(=O)N(CC(=O)O)Cc2ccccc2)OC(c2ccccc2Cl)c2cc(Cl)ccc21. The number of halogens is 2. The van der Waals surface area contributed by atoms with E-state index >= 15 is 0 Å². The van der Waals surface area contributed by atoms with Crippen LogP contribution in [-0.4, -0.2) is 47.0 Å². The maximum Gasteiger partial charge on any atom is 0.323 e. The van der Waals surface area contributed by atoms with Crippen LogP contribution in [0, 0.1) is 5.41 Å². The molecule has 9 heteroatoms. The molecule has 40 heavy (non-hydrogen) atoms. The van der Waals surface area contributed by atoms with Gasteiger partial charge in [0.05, 0.1) is 6.42 Å². The summed E-state index contributed by atoms with van der Waals surface area (Å²) < 4.78 is 6.46. The molecule has 2 amide bonds. The third kappa shape index (κ3) is 7.22. The Kier molecular flexibility index (Phi) is 9.19. The molecule has 2 atom stereocenters. The normalized spacial score (nSPS) is 17.2. The van der Waals surface area contributed by atoms with Gasteiger partial charge in [-0.2, -0.15) is 0 Å². The minimum Gasteiger partial charge on any atom is -0.480 e. The van der Waals surface area contributed by atoms with Crippen molar-refractivity contribution < 1.29 is 24.2 Å². The molecule has 210 valence electrons. The smallest absolute Gasteiger partial charge is 0.323 e. The van der Waals surface area contributed by atoms with Crippen LogP contribution in [0.4, 0.5) is 5.69 Å². The number of aliphatic carboxylic acids is 1. The van der Waals surface area contributed by atoms with Crippen molar-refractivity contribution in [3.63, 3.8) is 0 Å². The van der Waals surface area contributed by atoms with Gasteiger partial charge in [-0.1, -0.05) is 92.5 Å². The van der Waals surface area contributed by atoms with E-state index in [-0.39, 0.29) is 18.4 Å². The van der Waals surface area contributed by atoms with Crippen molar-refractivity contribution >= 4 is 46.7 Å². The second-order valence-electron chi connectivity index (χ2n) is 11.0. The lowest BCUT2D eigenvalue weighted by atomic mass is 9.94. The van der Waals surface area contributed by atoms with E-state index in [2.05, 4.69) is 0 Å². The predicted octanol–water partition coefficient (Wildman–Crippen LogP) is 6.36. The zero-order valence-corrected chi connectivity index (χ0v) is 24.2. The molecule has 0 spiro atoms. The van der Waals surface area contributed by atoms with Crippen molar-refractivity contribution in [3.8, 4) is 0 Å². The summed E-state index contributed by atoms with van der Waals surface area (Å²) in [6, 6.07) is 21.5. The predicted molar refractivity (Wildman–Crippen MR) is 156 cm³/mol. The van der Waals surface area contributed by atoms with Gasteiger partial charge in [0.15, 0.2) is 0 Å². The number of carbonyl (C=O) groups is 3. The maximum absolute atomic E-state index is 14.1. The number of anilines is 1. The lowest BCUT2D eigenvalue weighted by Gasteiger charge is -2.32. The van der Waals surface area contributed by atoms with Crippen LogP contribution in [0.5, 0.6) is 0 Å². The molecule has 1 heterocycles. The van der Waals surface area contributed by atoms with E-state index in [0.717, 1.165) is 5.56 Å². The van der Waals surface area contributed by atoms with Crippen molar-refractivity contribution in [2.45, 2.75) is 45.9 Å². The fourth-order valence-corrected chi connectivity index (χ4v) is 5.17. The number of nitrogens with zero attached hydrogens (tertiary/aromatic N) is 2. The van der Waals surface area contributed by atoms with Crippen LogP contribution in [0.25, 0.3) is 0 Å². The first-order chi connectivity index (χ1) is 18.9. The molecule has 1 aliphatic heterocycles. The van der Waals surface area contributed by atoms with Gasteiger partial charge in [-0.3, -0.25) is 14.4 Å². The molecule has 2 unspecified atom stereocenters. The third-order valence-corrected chi connectivity index (χ3v) is 7.06. The number of benzene rings is 3. The molecule has 0 saturated heterocycles. The van der Waals surface area contributed by atoms with E-state index in [1.165, 1.54) is 4.90 Å². The molecule has 4 rings (SSSR count).